The van der Waals surface area contributed by atoms with Gasteiger partial charge in [-0.25, -0.2) is 4.98 Å². The topological polar surface area (TPSA) is 79.3 Å². The standard InChI is InChI=1S/C13H16N2O3/c1-2-8(6-12(17)18)10-5-9-3-4-11(16)15-13(9)14-7-10/h5,7-8H,2-4,6H2,1H3,(H,17,18)(H,14,15,16). The number of aromatic nitrogens is 1. The Hall–Kier alpha value is -1.91. The van der Waals surface area contributed by atoms with Crippen LogP contribution in [0.3, 0.4) is 0 Å². The molecule has 2 heterocycles. The number of nitrogens with zero attached hydrogens (tertiary/aromatic N) is 1. The highest BCUT2D eigenvalue weighted by molar-refractivity contribution is 5.92. The number of hydrogen-bond acceptors (Lipinski definition) is 3. The van der Waals surface area contributed by atoms with Crippen LogP contribution < -0.4 is 5.32 Å². The predicted octanol–water partition coefficient (Wildman–Crippen LogP) is 1.93. The maximum Gasteiger partial charge on any atom is 0.303 e. The molecule has 0 aromatic carbocycles. The molecule has 96 valence electrons. The molecule has 1 aromatic heterocycles. The minimum absolute atomic E-state index is 0.0136. The number of anilines is 1. The van der Waals surface area contributed by atoms with Gasteiger partial charge >= 0.3 is 5.97 Å². The molecular weight excluding hydrogens is 232 g/mol. The molecule has 0 spiro atoms. The lowest BCUT2D eigenvalue weighted by atomic mass is 9.92. The zero-order valence-electron chi connectivity index (χ0n) is 10.3. The summed E-state index contributed by atoms with van der Waals surface area (Å²) in [4.78, 5) is 26.2. The summed E-state index contributed by atoms with van der Waals surface area (Å²) < 4.78 is 0. The van der Waals surface area contributed by atoms with Gasteiger partial charge in [0.2, 0.25) is 5.91 Å². The van der Waals surface area contributed by atoms with Crippen molar-refractivity contribution >= 4 is 17.7 Å². The zero-order chi connectivity index (χ0) is 13.1. The average molecular weight is 248 g/mol. The van der Waals surface area contributed by atoms with Gasteiger partial charge in [0.15, 0.2) is 0 Å². The van der Waals surface area contributed by atoms with E-state index in [4.69, 9.17) is 5.11 Å². The Morgan fingerprint density at radius 1 is 1.56 bits per heavy atom. The van der Waals surface area contributed by atoms with E-state index < -0.39 is 5.97 Å². The van der Waals surface area contributed by atoms with Crippen molar-refractivity contribution in [2.45, 2.75) is 38.5 Å². The lowest BCUT2D eigenvalue weighted by Gasteiger charge is -2.19. The monoisotopic (exact) mass is 248 g/mol. The van der Waals surface area contributed by atoms with Crippen LogP contribution in [0, 0.1) is 0 Å². The van der Waals surface area contributed by atoms with E-state index in [2.05, 4.69) is 10.3 Å². The smallest absolute Gasteiger partial charge is 0.303 e. The van der Waals surface area contributed by atoms with Crippen LogP contribution in [-0.2, 0) is 16.0 Å². The van der Waals surface area contributed by atoms with Crippen LogP contribution in [0.4, 0.5) is 5.82 Å². The first-order valence-corrected chi connectivity index (χ1v) is 6.10. The molecule has 0 saturated carbocycles. The summed E-state index contributed by atoms with van der Waals surface area (Å²) in [7, 11) is 0. The number of carbonyl (C=O) groups is 2. The van der Waals surface area contributed by atoms with Gasteiger partial charge in [-0.15, -0.1) is 0 Å². The van der Waals surface area contributed by atoms with Gasteiger partial charge in [-0.1, -0.05) is 13.0 Å². The maximum atomic E-state index is 11.2. The van der Waals surface area contributed by atoms with Crippen LogP contribution >= 0.6 is 0 Å². The van der Waals surface area contributed by atoms with Crippen molar-refractivity contribution in [3.8, 4) is 0 Å². The number of hydrogen-bond donors (Lipinski definition) is 2. The highest BCUT2D eigenvalue weighted by Gasteiger charge is 2.19. The van der Waals surface area contributed by atoms with Crippen molar-refractivity contribution in [1.82, 2.24) is 4.98 Å². The van der Waals surface area contributed by atoms with E-state index in [-0.39, 0.29) is 18.2 Å². The summed E-state index contributed by atoms with van der Waals surface area (Å²) in [6.45, 7) is 1.97. The van der Waals surface area contributed by atoms with E-state index in [9.17, 15) is 9.59 Å². The van der Waals surface area contributed by atoms with E-state index in [1.165, 1.54) is 0 Å². The summed E-state index contributed by atoms with van der Waals surface area (Å²) >= 11 is 0. The SMILES string of the molecule is CCC(CC(=O)O)c1cnc2c(c1)CCC(=O)N2. The second kappa shape index (κ2) is 5.16. The molecule has 2 N–H and O–H groups in total. The summed E-state index contributed by atoms with van der Waals surface area (Å²) in [6, 6.07) is 1.97. The van der Waals surface area contributed by atoms with Crippen molar-refractivity contribution in [3.05, 3.63) is 23.4 Å². The van der Waals surface area contributed by atoms with Gasteiger partial charge < -0.3 is 10.4 Å². The van der Waals surface area contributed by atoms with Gasteiger partial charge in [0.05, 0.1) is 6.42 Å². The van der Waals surface area contributed by atoms with Gasteiger partial charge in [0, 0.05) is 12.6 Å². The van der Waals surface area contributed by atoms with Crippen LogP contribution in [0.15, 0.2) is 12.3 Å². The first kappa shape index (κ1) is 12.5. The van der Waals surface area contributed by atoms with Crippen molar-refractivity contribution in [3.63, 3.8) is 0 Å². The highest BCUT2D eigenvalue weighted by atomic mass is 16.4. The molecule has 2 rings (SSSR count). The minimum Gasteiger partial charge on any atom is -0.481 e. The largest absolute Gasteiger partial charge is 0.481 e. The van der Waals surface area contributed by atoms with Crippen LogP contribution in [0.5, 0.6) is 0 Å². The molecule has 1 aliphatic heterocycles. The van der Waals surface area contributed by atoms with Crippen LogP contribution in [0.2, 0.25) is 0 Å². The second-order valence-electron chi connectivity index (χ2n) is 4.53. The molecule has 0 radical (unpaired) electrons. The first-order valence-electron chi connectivity index (χ1n) is 6.10. The normalized spacial score (nSPS) is 15.7. The number of nitrogens with one attached hydrogen (secondary N) is 1. The highest BCUT2D eigenvalue weighted by Crippen LogP contribution is 2.28. The van der Waals surface area contributed by atoms with Crippen molar-refractivity contribution in [2.24, 2.45) is 0 Å². The fourth-order valence-electron chi connectivity index (χ4n) is 2.21. The van der Waals surface area contributed by atoms with E-state index in [0.29, 0.717) is 18.7 Å². The van der Waals surface area contributed by atoms with Gasteiger partial charge in [-0.3, -0.25) is 9.59 Å². The van der Waals surface area contributed by atoms with E-state index >= 15 is 0 Å². The number of carbonyl (C=O) groups excluding carboxylic acids is 1. The Kier molecular flexibility index (Phi) is 3.60. The lowest BCUT2D eigenvalue weighted by molar-refractivity contribution is -0.137. The number of amides is 1. The third kappa shape index (κ3) is 2.67. The molecule has 18 heavy (non-hydrogen) atoms. The quantitative estimate of drug-likeness (QED) is 0.853. The Morgan fingerprint density at radius 3 is 3.00 bits per heavy atom. The fraction of sp³-hybridized carbons (Fsp3) is 0.462. The lowest BCUT2D eigenvalue weighted by Crippen LogP contribution is -2.20. The molecule has 1 amide bonds. The summed E-state index contributed by atoms with van der Waals surface area (Å²) in [5.74, 6) is -0.216. The average Bonchev–Trinajstić information content (AvgIpc) is 2.35. The molecule has 1 unspecified atom stereocenters. The summed E-state index contributed by atoms with van der Waals surface area (Å²) in [5, 5.41) is 11.6. The van der Waals surface area contributed by atoms with Gasteiger partial charge in [-0.2, -0.15) is 0 Å². The number of fused-ring (bicyclic) bond motifs is 1. The van der Waals surface area contributed by atoms with E-state index in [1.807, 2.05) is 13.0 Å². The van der Waals surface area contributed by atoms with Crippen molar-refractivity contribution in [1.29, 1.82) is 0 Å². The Bertz CT molecular complexity index is 485. The number of carboxylic acids is 1. The Labute approximate surface area is 105 Å². The van der Waals surface area contributed by atoms with Gasteiger partial charge in [0.25, 0.3) is 0 Å². The molecule has 5 nitrogen and oxygen atoms in total. The Morgan fingerprint density at radius 2 is 2.33 bits per heavy atom. The molecular formula is C13H16N2O3. The number of rotatable bonds is 4. The zero-order valence-corrected chi connectivity index (χ0v) is 10.3. The van der Waals surface area contributed by atoms with Crippen molar-refractivity contribution in [2.75, 3.05) is 5.32 Å². The number of carboxylic acid groups (broad SMARTS) is 1. The third-order valence-electron chi connectivity index (χ3n) is 3.25. The van der Waals surface area contributed by atoms with E-state index in [0.717, 1.165) is 17.5 Å². The van der Waals surface area contributed by atoms with Crippen LogP contribution in [-0.4, -0.2) is 22.0 Å². The molecule has 0 aliphatic carbocycles. The molecule has 0 bridgehead atoms. The van der Waals surface area contributed by atoms with Crippen LogP contribution in [0.1, 0.15) is 43.2 Å². The predicted molar refractivity (Wildman–Crippen MR) is 66.5 cm³/mol. The Balaban J connectivity index is 2.24. The maximum absolute atomic E-state index is 11.2. The molecule has 1 atom stereocenters. The number of aryl methyl sites for hydroxylation is 1. The summed E-state index contributed by atoms with van der Waals surface area (Å²) in [5.41, 5.74) is 1.94. The number of aliphatic carboxylic acids is 1. The van der Waals surface area contributed by atoms with Gasteiger partial charge in [-0.05, 0) is 29.9 Å². The second-order valence-corrected chi connectivity index (χ2v) is 4.53. The molecule has 0 saturated heterocycles. The number of pyridine rings is 1. The van der Waals surface area contributed by atoms with Crippen molar-refractivity contribution < 1.29 is 14.7 Å². The third-order valence-corrected chi connectivity index (χ3v) is 3.25. The molecule has 1 aliphatic rings. The molecule has 1 aromatic rings. The summed E-state index contributed by atoms with van der Waals surface area (Å²) in [6.07, 6.45) is 3.68. The van der Waals surface area contributed by atoms with E-state index in [1.54, 1.807) is 6.20 Å². The van der Waals surface area contributed by atoms with Crippen LogP contribution in [0.25, 0.3) is 0 Å². The minimum atomic E-state index is -0.798. The molecule has 5 heteroatoms. The van der Waals surface area contributed by atoms with Gasteiger partial charge in [0.1, 0.15) is 5.82 Å². The molecule has 0 fully saturated rings. The fourth-order valence-corrected chi connectivity index (χ4v) is 2.21. The first-order chi connectivity index (χ1) is 8.60.